The lowest BCUT2D eigenvalue weighted by Crippen LogP contribution is -2.27. The topological polar surface area (TPSA) is 68.3 Å². The van der Waals surface area contributed by atoms with Crippen LogP contribution >= 0.6 is 0 Å². The number of hydrogen-bond acceptors (Lipinski definition) is 5. The molecule has 0 saturated carbocycles. The molecule has 2 aliphatic carbocycles. The molecule has 4 rings (SSSR count). The van der Waals surface area contributed by atoms with Crippen LogP contribution in [0.1, 0.15) is 31.0 Å². The summed E-state index contributed by atoms with van der Waals surface area (Å²) in [7, 11) is 0. The number of allylic oxidation sites excluding steroid dienone is 6. The van der Waals surface area contributed by atoms with E-state index >= 15 is 0 Å². The SMILES string of the molecule is Cc1cc(C)nc(NC2=C(C3CCOC3=O)CC3=CC=CC(C)(C=O)C3=C2)c1. The molecule has 1 aliphatic heterocycles. The smallest absolute Gasteiger partial charge is 0.313 e. The van der Waals surface area contributed by atoms with Crippen molar-refractivity contribution < 1.29 is 14.3 Å². The third kappa shape index (κ3) is 3.21. The molecule has 1 aromatic heterocycles. The van der Waals surface area contributed by atoms with E-state index in [4.69, 9.17) is 4.74 Å². The van der Waals surface area contributed by atoms with Crippen LogP contribution in [0.4, 0.5) is 5.82 Å². The van der Waals surface area contributed by atoms with Crippen molar-refractivity contribution in [2.75, 3.05) is 11.9 Å². The summed E-state index contributed by atoms with van der Waals surface area (Å²) >= 11 is 0. The van der Waals surface area contributed by atoms with Gasteiger partial charge in [-0.2, -0.15) is 0 Å². The Kier molecular flexibility index (Phi) is 4.53. The summed E-state index contributed by atoms with van der Waals surface area (Å²) < 4.78 is 5.23. The molecule has 1 fully saturated rings. The fraction of sp³-hybridized carbons (Fsp3) is 0.348. The lowest BCUT2D eigenvalue weighted by atomic mass is 9.70. The monoisotopic (exact) mass is 376 g/mol. The van der Waals surface area contributed by atoms with Crippen molar-refractivity contribution in [2.45, 2.75) is 33.6 Å². The Bertz CT molecular complexity index is 963. The van der Waals surface area contributed by atoms with Gasteiger partial charge in [0.1, 0.15) is 12.1 Å². The van der Waals surface area contributed by atoms with Gasteiger partial charge in [-0.25, -0.2) is 4.98 Å². The highest BCUT2D eigenvalue weighted by Crippen LogP contribution is 2.45. The van der Waals surface area contributed by atoms with Crippen LogP contribution in [0.25, 0.3) is 0 Å². The van der Waals surface area contributed by atoms with Gasteiger partial charge in [0.25, 0.3) is 0 Å². The number of ether oxygens (including phenoxy) is 1. The van der Waals surface area contributed by atoms with Gasteiger partial charge in [-0.15, -0.1) is 0 Å². The Hall–Kier alpha value is -2.95. The van der Waals surface area contributed by atoms with Gasteiger partial charge in [0.2, 0.25) is 0 Å². The average Bonchev–Trinajstić information content (AvgIpc) is 3.07. The second-order valence-electron chi connectivity index (χ2n) is 7.93. The van der Waals surface area contributed by atoms with Crippen molar-refractivity contribution >= 4 is 18.1 Å². The first-order valence-electron chi connectivity index (χ1n) is 9.59. The first-order valence-corrected chi connectivity index (χ1v) is 9.59. The number of carbonyl (C=O) groups is 2. The fourth-order valence-electron chi connectivity index (χ4n) is 4.22. The van der Waals surface area contributed by atoms with Gasteiger partial charge in [0, 0.05) is 11.4 Å². The maximum Gasteiger partial charge on any atom is 0.313 e. The van der Waals surface area contributed by atoms with E-state index in [1.54, 1.807) is 0 Å². The van der Waals surface area contributed by atoms with Crippen LogP contribution < -0.4 is 5.32 Å². The van der Waals surface area contributed by atoms with Crippen molar-refractivity contribution in [1.29, 1.82) is 0 Å². The second-order valence-corrected chi connectivity index (χ2v) is 7.93. The minimum absolute atomic E-state index is 0.176. The number of nitrogens with zero attached hydrogens (tertiary/aromatic N) is 1. The van der Waals surface area contributed by atoms with Gasteiger partial charge in [0.15, 0.2) is 0 Å². The van der Waals surface area contributed by atoms with E-state index in [0.717, 1.165) is 45.8 Å². The molecule has 0 bridgehead atoms. The number of hydrogen-bond donors (Lipinski definition) is 1. The predicted molar refractivity (Wildman–Crippen MR) is 108 cm³/mol. The number of aldehydes is 1. The van der Waals surface area contributed by atoms with Gasteiger partial charge in [-0.1, -0.05) is 18.2 Å². The van der Waals surface area contributed by atoms with Crippen molar-refractivity contribution in [3.8, 4) is 0 Å². The predicted octanol–water partition coefficient (Wildman–Crippen LogP) is 3.96. The number of fused-ring (bicyclic) bond motifs is 1. The van der Waals surface area contributed by atoms with E-state index in [0.29, 0.717) is 19.4 Å². The van der Waals surface area contributed by atoms with Crippen LogP contribution in [-0.4, -0.2) is 23.8 Å². The van der Waals surface area contributed by atoms with Crippen LogP contribution in [0.5, 0.6) is 0 Å². The Balaban J connectivity index is 1.82. The van der Waals surface area contributed by atoms with E-state index in [1.165, 1.54) is 0 Å². The summed E-state index contributed by atoms with van der Waals surface area (Å²) in [5.41, 5.74) is 5.25. The van der Waals surface area contributed by atoms with Crippen LogP contribution in [0.3, 0.4) is 0 Å². The molecule has 2 unspecified atom stereocenters. The van der Waals surface area contributed by atoms with E-state index in [2.05, 4.69) is 10.3 Å². The van der Waals surface area contributed by atoms with Gasteiger partial charge in [-0.3, -0.25) is 4.79 Å². The molecule has 2 heterocycles. The minimum atomic E-state index is -0.672. The fourth-order valence-corrected chi connectivity index (χ4v) is 4.22. The molecular weight excluding hydrogens is 352 g/mol. The zero-order valence-corrected chi connectivity index (χ0v) is 16.4. The van der Waals surface area contributed by atoms with Crippen LogP contribution in [-0.2, 0) is 14.3 Å². The number of pyridine rings is 1. The van der Waals surface area contributed by atoms with E-state index in [9.17, 15) is 9.59 Å². The summed E-state index contributed by atoms with van der Waals surface area (Å²) in [6, 6.07) is 4.00. The second kappa shape index (κ2) is 6.89. The largest absolute Gasteiger partial charge is 0.465 e. The van der Waals surface area contributed by atoms with Crippen molar-refractivity contribution in [3.63, 3.8) is 0 Å². The normalized spacial score (nSPS) is 26.4. The molecule has 0 radical (unpaired) electrons. The molecule has 28 heavy (non-hydrogen) atoms. The number of aromatic nitrogens is 1. The lowest BCUT2D eigenvalue weighted by molar-refractivity contribution is -0.140. The van der Waals surface area contributed by atoms with Gasteiger partial charge in [-0.05, 0) is 74.1 Å². The Morgan fingerprint density at radius 2 is 2.14 bits per heavy atom. The van der Waals surface area contributed by atoms with E-state index in [1.807, 2.05) is 57.2 Å². The quantitative estimate of drug-likeness (QED) is 0.636. The van der Waals surface area contributed by atoms with Crippen LogP contribution in [0, 0.1) is 25.2 Å². The van der Waals surface area contributed by atoms with Crippen molar-refractivity contribution in [3.05, 3.63) is 70.1 Å². The molecule has 1 saturated heterocycles. The molecule has 3 aliphatic rings. The Morgan fingerprint density at radius 3 is 2.82 bits per heavy atom. The molecule has 144 valence electrons. The highest BCUT2D eigenvalue weighted by Gasteiger charge is 2.38. The molecule has 5 nitrogen and oxygen atoms in total. The molecule has 0 spiro atoms. The molecule has 2 atom stereocenters. The van der Waals surface area contributed by atoms with Crippen LogP contribution in [0.15, 0.2) is 58.9 Å². The number of nitrogens with one attached hydrogen (secondary N) is 1. The summed E-state index contributed by atoms with van der Waals surface area (Å²) in [5, 5.41) is 3.42. The number of rotatable bonds is 4. The number of esters is 1. The van der Waals surface area contributed by atoms with Gasteiger partial charge >= 0.3 is 5.97 Å². The Morgan fingerprint density at radius 1 is 1.32 bits per heavy atom. The number of cyclic esters (lactones) is 1. The molecule has 5 heteroatoms. The molecule has 0 aromatic carbocycles. The summed E-state index contributed by atoms with van der Waals surface area (Å²) in [6.07, 6.45) is 10.1. The van der Waals surface area contributed by atoms with E-state index < -0.39 is 5.41 Å². The summed E-state index contributed by atoms with van der Waals surface area (Å²) in [6.45, 7) is 6.34. The summed E-state index contributed by atoms with van der Waals surface area (Å²) in [5.74, 6) is 0.296. The Labute approximate surface area is 164 Å². The molecule has 1 N–H and O–H groups in total. The third-order valence-corrected chi connectivity index (χ3v) is 5.64. The number of anilines is 1. The molecular formula is C23H24N2O3. The minimum Gasteiger partial charge on any atom is -0.465 e. The van der Waals surface area contributed by atoms with Gasteiger partial charge in [0.05, 0.1) is 17.9 Å². The maximum atomic E-state index is 12.3. The third-order valence-electron chi connectivity index (χ3n) is 5.64. The zero-order chi connectivity index (χ0) is 19.9. The first-order chi connectivity index (χ1) is 13.4. The average molecular weight is 376 g/mol. The standard InChI is InChI=1S/C23H24N2O3/c1-14-9-15(2)24-21(10-14)25-20-12-19-16(5-4-7-23(19,3)13-26)11-18(20)17-6-8-28-22(17)27/h4-5,7,9-10,12-13,17H,6,8,11H2,1-3H3,(H,24,25). The molecule has 1 aromatic rings. The zero-order valence-electron chi connectivity index (χ0n) is 16.4. The first kappa shape index (κ1) is 18.4. The number of carbonyl (C=O) groups excluding carboxylic acids is 2. The lowest BCUT2D eigenvalue weighted by Gasteiger charge is -2.33. The van der Waals surface area contributed by atoms with Crippen LogP contribution in [0.2, 0.25) is 0 Å². The van der Waals surface area contributed by atoms with Crippen molar-refractivity contribution in [2.24, 2.45) is 11.3 Å². The highest BCUT2D eigenvalue weighted by atomic mass is 16.5. The highest BCUT2D eigenvalue weighted by molar-refractivity contribution is 5.81. The van der Waals surface area contributed by atoms with E-state index in [-0.39, 0.29) is 11.9 Å². The van der Waals surface area contributed by atoms with Crippen molar-refractivity contribution in [1.82, 2.24) is 4.98 Å². The van der Waals surface area contributed by atoms with Gasteiger partial charge < -0.3 is 14.8 Å². The number of aryl methyl sites for hydroxylation is 2. The summed E-state index contributed by atoms with van der Waals surface area (Å²) in [4.78, 5) is 28.7. The molecule has 0 amide bonds. The maximum absolute atomic E-state index is 12.3.